The van der Waals surface area contributed by atoms with Gasteiger partial charge < -0.3 is 18.9 Å². The minimum atomic E-state index is -0.579. The first-order chi connectivity index (χ1) is 21.8. The molecule has 0 heterocycles. The molecule has 51 heavy (non-hydrogen) atoms. The predicted octanol–water partition coefficient (Wildman–Crippen LogP) is 12.7. The van der Waals surface area contributed by atoms with Gasteiger partial charge in [0.15, 0.2) is 0 Å². The highest BCUT2D eigenvalue weighted by Gasteiger charge is 2.19. The third kappa shape index (κ3) is 26.0. The summed E-state index contributed by atoms with van der Waals surface area (Å²) in [4.78, 5) is 23.7. The normalized spacial score (nSPS) is 9.55. The van der Waals surface area contributed by atoms with Gasteiger partial charge in [-0.15, -0.1) is 0 Å². The van der Waals surface area contributed by atoms with E-state index >= 15 is 0 Å². The summed E-state index contributed by atoms with van der Waals surface area (Å²) >= 11 is 0. The van der Waals surface area contributed by atoms with Gasteiger partial charge in [-0.25, -0.2) is 0 Å². The van der Waals surface area contributed by atoms with Crippen LogP contribution in [0.15, 0.2) is 121 Å². The number of esters is 2. The highest BCUT2D eigenvalue weighted by atomic mass is 16.6. The summed E-state index contributed by atoms with van der Waals surface area (Å²) in [6, 6.07) is 39.5. The molecule has 1 unspecified atom stereocenters. The van der Waals surface area contributed by atoms with E-state index in [4.69, 9.17) is 18.9 Å². The third-order valence-electron chi connectivity index (χ3n) is 6.51. The first kappa shape index (κ1) is 55.8. The van der Waals surface area contributed by atoms with Crippen molar-refractivity contribution < 1.29 is 28.5 Å². The summed E-state index contributed by atoms with van der Waals surface area (Å²) in [5.41, 5.74) is 2.83. The molecular formula is C45H72O6. The topological polar surface area (TPSA) is 71.1 Å². The maximum atomic E-state index is 11.9. The van der Waals surface area contributed by atoms with E-state index in [9.17, 15) is 9.59 Å². The number of benzene rings is 4. The van der Waals surface area contributed by atoms with E-state index in [1.165, 1.54) is 11.1 Å². The molecule has 6 nitrogen and oxygen atoms in total. The molecule has 6 heteroatoms. The van der Waals surface area contributed by atoms with Crippen LogP contribution in [-0.2, 0) is 19.1 Å². The van der Waals surface area contributed by atoms with Gasteiger partial charge in [-0.1, -0.05) is 176 Å². The van der Waals surface area contributed by atoms with Gasteiger partial charge in [0.2, 0.25) is 0 Å². The first-order valence-electron chi connectivity index (χ1n) is 15.5. The fraction of sp³-hybridized carbons (Fsp3) is 0.422. The van der Waals surface area contributed by atoms with E-state index in [1.807, 2.05) is 72.8 Å². The minimum absolute atomic E-state index is 0. The van der Waals surface area contributed by atoms with Crippen LogP contribution in [0.2, 0.25) is 0 Å². The van der Waals surface area contributed by atoms with Crippen molar-refractivity contribution in [2.45, 2.75) is 97.4 Å². The molecule has 0 fully saturated rings. The van der Waals surface area contributed by atoms with Crippen LogP contribution in [0.4, 0.5) is 0 Å². The average Bonchev–Trinajstić information content (AvgIpc) is 3.07. The van der Waals surface area contributed by atoms with Crippen LogP contribution < -0.4 is 9.47 Å². The highest BCUT2D eigenvalue weighted by Crippen LogP contribution is 2.13. The Morgan fingerprint density at radius 2 is 0.765 bits per heavy atom. The Morgan fingerprint density at radius 3 is 1.08 bits per heavy atom. The van der Waals surface area contributed by atoms with E-state index in [0.29, 0.717) is 23.3 Å². The quantitative estimate of drug-likeness (QED) is 0.102. The first-order valence-corrected chi connectivity index (χ1v) is 15.5. The lowest BCUT2D eigenvalue weighted by atomic mass is 10.0. The van der Waals surface area contributed by atoms with Crippen molar-refractivity contribution in [3.05, 3.63) is 132 Å². The van der Waals surface area contributed by atoms with E-state index in [-0.39, 0.29) is 77.4 Å². The highest BCUT2D eigenvalue weighted by molar-refractivity contribution is 5.79. The molecule has 0 spiro atoms. The largest absolute Gasteiger partial charge is 0.490 e. The summed E-state index contributed by atoms with van der Waals surface area (Å²) in [6.45, 7) is 11.2. The Hall–Kier alpha value is -4.58. The van der Waals surface area contributed by atoms with E-state index in [1.54, 1.807) is 6.92 Å². The molecule has 0 radical (unpaired) electrons. The summed E-state index contributed by atoms with van der Waals surface area (Å²) in [7, 11) is 0. The van der Waals surface area contributed by atoms with E-state index in [2.05, 4.69) is 76.2 Å². The molecule has 1 atom stereocenters. The second kappa shape index (κ2) is 33.9. The van der Waals surface area contributed by atoms with Gasteiger partial charge in [0.05, 0.1) is 12.3 Å². The molecule has 0 N–H and O–H groups in total. The van der Waals surface area contributed by atoms with Crippen molar-refractivity contribution in [1.82, 2.24) is 0 Å². The number of para-hydroxylation sites is 2. The van der Waals surface area contributed by atoms with Crippen LogP contribution in [0.3, 0.4) is 0 Å². The van der Waals surface area contributed by atoms with Crippen LogP contribution in [-0.4, -0.2) is 38.4 Å². The van der Waals surface area contributed by atoms with Crippen molar-refractivity contribution >= 4 is 11.9 Å². The Labute approximate surface area is 313 Å². The van der Waals surface area contributed by atoms with Gasteiger partial charge in [0, 0.05) is 0 Å². The standard InChI is InChI=1S/C21H24O6.2C9H12.6CH4/c1-17(21(23)27-15-13-25-19-10-6-3-7-11-19)16-20(22)26-14-12-24-18-8-4-2-5-9-18;2*1-8(2)9-6-4-3-5-7-9;;;;;;/h2-11,17H,12-16H2,1H3;2*3-8H,1-2H3;6*1H4. The number of carbonyl (C=O) groups is 2. The Kier molecular flexibility index (Phi) is 37.1. The maximum Gasteiger partial charge on any atom is 0.309 e. The molecule has 0 aromatic heterocycles. The molecule has 0 saturated carbocycles. The predicted molar refractivity (Wildman–Crippen MR) is 221 cm³/mol. The van der Waals surface area contributed by atoms with Crippen LogP contribution in [0.1, 0.15) is 109 Å². The summed E-state index contributed by atoms with van der Waals surface area (Å²) in [5.74, 6) is 1.24. The number of ether oxygens (including phenoxy) is 4. The molecule has 0 aliphatic heterocycles. The minimum Gasteiger partial charge on any atom is -0.490 e. The number of hydrogen-bond acceptors (Lipinski definition) is 6. The molecule has 0 aliphatic rings. The van der Waals surface area contributed by atoms with Crippen molar-refractivity contribution in [2.75, 3.05) is 26.4 Å². The van der Waals surface area contributed by atoms with Gasteiger partial charge in [-0.05, 0) is 47.2 Å². The molecule has 4 aromatic rings. The molecule has 4 rings (SSSR count). The zero-order chi connectivity index (χ0) is 32.7. The van der Waals surface area contributed by atoms with Crippen LogP contribution in [0, 0.1) is 5.92 Å². The zero-order valence-corrected chi connectivity index (χ0v) is 27.3. The van der Waals surface area contributed by atoms with Gasteiger partial charge in [0.1, 0.15) is 37.9 Å². The van der Waals surface area contributed by atoms with Gasteiger partial charge in [-0.3, -0.25) is 9.59 Å². The monoisotopic (exact) mass is 709 g/mol. The van der Waals surface area contributed by atoms with Crippen LogP contribution in [0.5, 0.6) is 11.5 Å². The Bertz CT molecular complexity index is 1270. The maximum absolute atomic E-state index is 11.9. The molecule has 0 aliphatic carbocycles. The summed E-state index contributed by atoms with van der Waals surface area (Å²) in [6.07, 6.45) is -0.0380. The fourth-order valence-electron chi connectivity index (χ4n) is 3.86. The van der Waals surface area contributed by atoms with Crippen molar-refractivity contribution in [1.29, 1.82) is 0 Å². The molecule has 288 valence electrons. The zero-order valence-electron chi connectivity index (χ0n) is 27.3. The Balaban J connectivity index is -0.000000245. The molecular weight excluding hydrogens is 636 g/mol. The summed E-state index contributed by atoms with van der Waals surface area (Å²) in [5, 5.41) is 0. The second-order valence-corrected chi connectivity index (χ2v) is 10.9. The molecule has 0 bridgehead atoms. The number of rotatable bonds is 13. The van der Waals surface area contributed by atoms with Crippen molar-refractivity contribution in [3.63, 3.8) is 0 Å². The molecule has 0 saturated heterocycles. The van der Waals surface area contributed by atoms with E-state index < -0.39 is 17.9 Å². The lowest BCUT2D eigenvalue weighted by molar-refractivity contribution is -0.155. The number of hydrogen-bond donors (Lipinski definition) is 0. The average molecular weight is 709 g/mol. The second-order valence-electron chi connectivity index (χ2n) is 10.9. The molecule has 4 aromatic carbocycles. The van der Waals surface area contributed by atoms with Crippen molar-refractivity contribution in [3.8, 4) is 11.5 Å². The lowest BCUT2D eigenvalue weighted by Crippen LogP contribution is -2.22. The smallest absolute Gasteiger partial charge is 0.309 e. The Morgan fingerprint density at radius 1 is 0.451 bits per heavy atom. The van der Waals surface area contributed by atoms with Gasteiger partial charge in [0.25, 0.3) is 0 Å². The van der Waals surface area contributed by atoms with E-state index in [0.717, 1.165) is 0 Å². The van der Waals surface area contributed by atoms with Crippen molar-refractivity contribution in [2.24, 2.45) is 5.92 Å². The summed E-state index contributed by atoms with van der Waals surface area (Å²) < 4.78 is 21.0. The van der Waals surface area contributed by atoms with Gasteiger partial charge >= 0.3 is 11.9 Å². The third-order valence-corrected chi connectivity index (χ3v) is 6.51. The fourth-order valence-corrected chi connectivity index (χ4v) is 3.86. The van der Waals surface area contributed by atoms with Crippen LogP contribution >= 0.6 is 0 Å². The van der Waals surface area contributed by atoms with Gasteiger partial charge in [-0.2, -0.15) is 0 Å². The SMILES string of the molecule is C.C.C.C.C.C.CC(C)c1ccccc1.CC(C)c1ccccc1.CC(CC(=O)OCCOc1ccccc1)C(=O)OCCOc1ccccc1. The lowest BCUT2D eigenvalue weighted by Gasteiger charge is -2.12. The molecule has 0 amide bonds. The number of carbonyl (C=O) groups excluding carboxylic acids is 2. The van der Waals surface area contributed by atoms with Crippen LogP contribution in [0.25, 0.3) is 0 Å².